The maximum Gasteiger partial charge on any atom is 0.268 e. The van der Waals surface area contributed by atoms with Crippen molar-refractivity contribution in [2.45, 2.75) is 26.5 Å². The third-order valence-corrected chi connectivity index (χ3v) is 5.24. The smallest absolute Gasteiger partial charge is 0.268 e. The third-order valence-electron chi connectivity index (χ3n) is 4.99. The number of halogens is 1. The van der Waals surface area contributed by atoms with Gasteiger partial charge < -0.3 is 15.0 Å². The van der Waals surface area contributed by atoms with Crippen molar-refractivity contribution in [3.63, 3.8) is 0 Å². The molecule has 0 spiro atoms. The zero-order valence-corrected chi connectivity index (χ0v) is 17.4. The molecule has 0 saturated heterocycles. The van der Waals surface area contributed by atoms with Crippen molar-refractivity contribution >= 4 is 34.8 Å². The summed E-state index contributed by atoms with van der Waals surface area (Å²) in [6, 6.07) is 20.0. The van der Waals surface area contributed by atoms with E-state index in [2.05, 4.69) is 5.32 Å². The molecule has 1 N–H and O–H groups in total. The second-order valence-corrected chi connectivity index (χ2v) is 7.75. The van der Waals surface area contributed by atoms with Crippen molar-refractivity contribution in [1.29, 1.82) is 0 Å². The fraction of sp³-hybridized carbons (Fsp3) is 0.167. The molecule has 3 aromatic carbocycles. The number of rotatable bonds is 4. The molecule has 1 aliphatic rings. The number of nitrogens with zero attached hydrogens (tertiary/aromatic N) is 1. The molecule has 0 aromatic heterocycles. The van der Waals surface area contributed by atoms with Gasteiger partial charge in [-0.15, -0.1) is 0 Å². The average Bonchev–Trinajstić information content (AvgIpc) is 2.73. The van der Waals surface area contributed by atoms with Crippen LogP contribution in [0, 0.1) is 6.92 Å². The van der Waals surface area contributed by atoms with Gasteiger partial charge in [0.1, 0.15) is 5.75 Å². The lowest BCUT2D eigenvalue weighted by atomic mass is 10.1. The molecule has 0 saturated carbocycles. The number of benzene rings is 3. The second kappa shape index (κ2) is 8.20. The predicted octanol–water partition coefficient (Wildman–Crippen LogP) is 5.21. The van der Waals surface area contributed by atoms with Crippen molar-refractivity contribution < 1.29 is 14.3 Å². The molecule has 2 amide bonds. The Balaban J connectivity index is 1.62. The number of ether oxygens (including phenoxy) is 1. The van der Waals surface area contributed by atoms with E-state index in [0.29, 0.717) is 34.3 Å². The quantitative estimate of drug-likeness (QED) is 0.629. The van der Waals surface area contributed by atoms with Crippen LogP contribution in [0.2, 0.25) is 5.02 Å². The molecule has 0 aliphatic carbocycles. The van der Waals surface area contributed by atoms with Gasteiger partial charge in [0.2, 0.25) is 0 Å². The van der Waals surface area contributed by atoms with E-state index in [1.54, 1.807) is 54.3 Å². The zero-order valence-electron chi connectivity index (χ0n) is 16.7. The Kier molecular flexibility index (Phi) is 5.46. The molecule has 1 aliphatic heterocycles. The fourth-order valence-electron chi connectivity index (χ4n) is 3.33. The molecule has 5 nitrogen and oxygen atoms in total. The molecule has 1 atom stereocenters. The van der Waals surface area contributed by atoms with Crippen molar-refractivity contribution in [2.24, 2.45) is 0 Å². The molecule has 6 heteroatoms. The average molecular weight is 421 g/mol. The number of fused-ring (bicyclic) bond motifs is 1. The highest BCUT2D eigenvalue weighted by Crippen LogP contribution is 2.37. The first-order chi connectivity index (χ1) is 14.4. The van der Waals surface area contributed by atoms with Gasteiger partial charge in [-0.2, -0.15) is 0 Å². The Hall–Kier alpha value is -3.31. The van der Waals surface area contributed by atoms with Gasteiger partial charge >= 0.3 is 0 Å². The SMILES string of the molecule is Cc1ccc(C(=O)Nc2ccc3c(c2)N(Cc2ccc(Cl)cc2)C(=O)C(C)O3)cc1. The Labute approximate surface area is 180 Å². The number of hydrogen-bond donors (Lipinski definition) is 1. The van der Waals surface area contributed by atoms with E-state index >= 15 is 0 Å². The van der Waals surface area contributed by atoms with Gasteiger partial charge in [0, 0.05) is 16.3 Å². The monoisotopic (exact) mass is 420 g/mol. The van der Waals surface area contributed by atoms with Crippen LogP contribution in [0.5, 0.6) is 5.75 Å². The number of anilines is 2. The van der Waals surface area contributed by atoms with E-state index < -0.39 is 6.10 Å². The van der Waals surface area contributed by atoms with Crippen molar-refractivity contribution in [1.82, 2.24) is 0 Å². The maximum atomic E-state index is 12.8. The highest BCUT2D eigenvalue weighted by molar-refractivity contribution is 6.30. The van der Waals surface area contributed by atoms with Gasteiger partial charge in [0.05, 0.1) is 12.2 Å². The summed E-state index contributed by atoms with van der Waals surface area (Å²) in [5, 5.41) is 3.54. The number of carbonyl (C=O) groups is 2. The minimum Gasteiger partial charge on any atom is -0.479 e. The summed E-state index contributed by atoms with van der Waals surface area (Å²) in [7, 11) is 0. The minimum atomic E-state index is -0.585. The topological polar surface area (TPSA) is 58.6 Å². The Bertz CT molecular complexity index is 1090. The van der Waals surface area contributed by atoms with E-state index in [9.17, 15) is 9.59 Å². The van der Waals surface area contributed by atoms with Gasteiger partial charge in [-0.3, -0.25) is 9.59 Å². The summed E-state index contributed by atoms with van der Waals surface area (Å²) in [5.74, 6) is 0.250. The number of nitrogens with one attached hydrogen (secondary N) is 1. The fourth-order valence-corrected chi connectivity index (χ4v) is 3.45. The van der Waals surface area contributed by atoms with E-state index in [-0.39, 0.29) is 11.8 Å². The molecule has 0 fully saturated rings. The third kappa shape index (κ3) is 4.16. The van der Waals surface area contributed by atoms with Crippen LogP contribution in [0.4, 0.5) is 11.4 Å². The van der Waals surface area contributed by atoms with Gasteiger partial charge in [-0.05, 0) is 61.9 Å². The van der Waals surface area contributed by atoms with Gasteiger partial charge in [0.25, 0.3) is 11.8 Å². The van der Waals surface area contributed by atoms with Gasteiger partial charge in [-0.25, -0.2) is 0 Å². The van der Waals surface area contributed by atoms with Gasteiger partial charge in [0.15, 0.2) is 6.10 Å². The van der Waals surface area contributed by atoms with E-state index in [0.717, 1.165) is 11.1 Å². The maximum absolute atomic E-state index is 12.8. The molecule has 4 rings (SSSR count). The predicted molar refractivity (Wildman–Crippen MR) is 118 cm³/mol. The Morgan fingerprint density at radius 3 is 2.47 bits per heavy atom. The molecule has 30 heavy (non-hydrogen) atoms. The molecule has 0 radical (unpaired) electrons. The first-order valence-electron chi connectivity index (χ1n) is 9.65. The minimum absolute atomic E-state index is 0.139. The van der Waals surface area contributed by atoms with Crippen LogP contribution >= 0.6 is 11.6 Å². The standard InChI is InChI=1S/C24H21ClN2O3/c1-15-3-7-18(8-4-15)23(28)26-20-11-12-22-21(13-20)27(24(29)16(2)30-22)14-17-5-9-19(25)10-6-17/h3-13,16H,14H2,1-2H3,(H,26,28). The zero-order chi connectivity index (χ0) is 21.3. The normalized spacial score (nSPS) is 15.4. The van der Waals surface area contributed by atoms with E-state index in [4.69, 9.17) is 16.3 Å². The Morgan fingerprint density at radius 2 is 1.77 bits per heavy atom. The summed E-state index contributed by atoms with van der Waals surface area (Å²) in [5.41, 5.74) is 3.81. The van der Waals surface area contributed by atoms with E-state index in [1.807, 2.05) is 31.2 Å². The first-order valence-corrected chi connectivity index (χ1v) is 10.0. The second-order valence-electron chi connectivity index (χ2n) is 7.31. The van der Waals surface area contributed by atoms with Crippen LogP contribution in [-0.4, -0.2) is 17.9 Å². The van der Waals surface area contributed by atoms with Crippen LogP contribution in [-0.2, 0) is 11.3 Å². The highest BCUT2D eigenvalue weighted by atomic mass is 35.5. The van der Waals surface area contributed by atoms with Crippen molar-refractivity contribution in [3.8, 4) is 5.75 Å². The molecule has 1 unspecified atom stereocenters. The van der Waals surface area contributed by atoms with Crippen LogP contribution in [0.1, 0.15) is 28.4 Å². The number of amides is 2. The van der Waals surface area contributed by atoms with Gasteiger partial charge in [-0.1, -0.05) is 41.4 Å². The molecule has 1 heterocycles. The first kappa shape index (κ1) is 20.0. The number of hydrogen-bond acceptors (Lipinski definition) is 3. The lowest BCUT2D eigenvalue weighted by molar-refractivity contribution is -0.125. The molecule has 0 bridgehead atoms. The molecular formula is C24H21ClN2O3. The summed E-state index contributed by atoms with van der Waals surface area (Å²) < 4.78 is 5.76. The molecular weight excluding hydrogens is 400 g/mol. The Morgan fingerprint density at radius 1 is 1.07 bits per heavy atom. The molecule has 3 aromatic rings. The summed E-state index contributed by atoms with van der Waals surface area (Å²) in [4.78, 5) is 27.1. The van der Waals surface area contributed by atoms with Crippen LogP contribution in [0.3, 0.4) is 0 Å². The lowest BCUT2D eigenvalue weighted by Gasteiger charge is -2.33. The molecule has 152 valence electrons. The van der Waals surface area contributed by atoms with Crippen LogP contribution in [0.15, 0.2) is 66.7 Å². The van der Waals surface area contributed by atoms with Crippen molar-refractivity contribution in [3.05, 3.63) is 88.4 Å². The van der Waals surface area contributed by atoms with E-state index in [1.165, 1.54) is 0 Å². The van der Waals surface area contributed by atoms with Crippen LogP contribution < -0.4 is 15.0 Å². The van der Waals surface area contributed by atoms with Crippen molar-refractivity contribution in [2.75, 3.05) is 10.2 Å². The largest absolute Gasteiger partial charge is 0.479 e. The lowest BCUT2D eigenvalue weighted by Crippen LogP contribution is -2.44. The number of carbonyl (C=O) groups excluding carboxylic acids is 2. The highest BCUT2D eigenvalue weighted by Gasteiger charge is 2.31. The summed E-state index contributed by atoms with van der Waals surface area (Å²) in [6.45, 7) is 4.08. The number of aryl methyl sites for hydroxylation is 1. The van der Waals surface area contributed by atoms with Crippen LogP contribution in [0.25, 0.3) is 0 Å². The summed E-state index contributed by atoms with van der Waals surface area (Å²) in [6.07, 6.45) is -0.585. The summed E-state index contributed by atoms with van der Waals surface area (Å²) >= 11 is 5.97.